The van der Waals surface area contributed by atoms with Crippen LogP contribution in [0.25, 0.3) is 5.57 Å². The normalized spacial score (nSPS) is 13.8. The van der Waals surface area contributed by atoms with E-state index in [1.54, 1.807) is 5.57 Å². The summed E-state index contributed by atoms with van der Waals surface area (Å²) in [7, 11) is 8.38. The summed E-state index contributed by atoms with van der Waals surface area (Å²) in [5.74, 6) is 1.90. The predicted molar refractivity (Wildman–Crippen MR) is 135 cm³/mol. The van der Waals surface area contributed by atoms with E-state index >= 15 is 0 Å². The van der Waals surface area contributed by atoms with Crippen LogP contribution in [0.1, 0.15) is 49.7 Å². The smallest absolute Gasteiger partial charge is 0.119 e. The van der Waals surface area contributed by atoms with E-state index in [1.165, 1.54) is 42.4 Å². The molecule has 1 aliphatic carbocycles. The van der Waals surface area contributed by atoms with Crippen molar-refractivity contribution in [2.24, 2.45) is 0 Å². The maximum absolute atomic E-state index is 5.94. The quantitative estimate of drug-likeness (QED) is 0.397. The molecule has 0 bridgehead atoms. The summed E-state index contributed by atoms with van der Waals surface area (Å²) in [4.78, 5) is 4.37. The van der Waals surface area contributed by atoms with Crippen LogP contribution < -0.4 is 9.47 Å². The van der Waals surface area contributed by atoms with E-state index in [0.717, 1.165) is 50.6 Å². The second-order valence-electron chi connectivity index (χ2n) is 9.24. The third-order valence-electron chi connectivity index (χ3n) is 5.88. The first-order valence-electron chi connectivity index (χ1n) is 12.0. The molecule has 0 aromatic heterocycles. The Morgan fingerprint density at radius 3 is 1.44 bits per heavy atom. The lowest BCUT2D eigenvalue weighted by Crippen LogP contribution is -2.15. The molecule has 0 amide bonds. The molecule has 174 valence electrons. The van der Waals surface area contributed by atoms with Gasteiger partial charge in [-0.05, 0) is 108 Å². The summed E-state index contributed by atoms with van der Waals surface area (Å²) in [5.41, 5.74) is 5.52. The van der Waals surface area contributed by atoms with Crippen LogP contribution >= 0.6 is 0 Å². The highest BCUT2D eigenvalue weighted by Gasteiger charge is 2.16. The number of benzene rings is 2. The van der Waals surface area contributed by atoms with Gasteiger partial charge in [-0.15, -0.1) is 0 Å². The zero-order valence-corrected chi connectivity index (χ0v) is 20.4. The molecule has 0 heterocycles. The van der Waals surface area contributed by atoms with Gasteiger partial charge in [-0.2, -0.15) is 0 Å². The second kappa shape index (κ2) is 12.7. The third kappa shape index (κ3) is 7.68. The van der Waals surface area contributed by atoms with Gasteiger partial charge in [0.1, 0.15) is 11.5 Å². The highest BCUT2D eigenvalue weighted by Crippen LogP contribution is 2.37. The lowest BCUT2D eigenvalue weighted by atomic mass is 9.92. The molecule has 3 rings (SSSR count). The number of rotatable bonds is 12. The Hall–Kier alpha value is -2.30. The largest absolute Gasteiger partial charge is 0.494 e. The van der Waals surface area contributed by atoms with Crippen LogP contribution in [0, 0.1) is 0 Å². The molecule has 0 saturated heterocycles. The Bertz CT molecular complexity index is 769. The zero-order valence-electron chi connectivity index (χ0n) is 20.4. The molecule has 1 aliphatic rings. The van der Waals surface area contributed by atoms with E-state index in [4.69, 9.17) is 9.47 Å². The van der Waals surface area contributed by atoms with Gasteiger partial charge in [-0.3, -0.25) is 0 Å². The fourth-order valence-corrected chi connectivity index (χ4v) is 4.20. The number of ether oxygens (including phenoxy) is 2. The molecule has 2 aromatic rings. The summed E-state index contributed by atoms with van der Waals surface area (Å²) in [5, 5.41) is 0. The van der Waals surface area contributed by atoms with Crippen molar-refractivity contribution in [3.63, 3.8) is 0 Å². The minimum absolute atomic E-state index is 0.751. The SMILES string of the molecule is CN(C)CCCOc1ccc(C(=C2CCCC2)c2ccc(OCCCN(C)C)cc2)cc1. The molecule has 0 unspecified atom stereocenters. The average molecular weight is 437 g/mol. The Balaban J connectivity index is 1.68. The first kappa shape index (κ1) is 24.3. The molecule has 4 heteroatoms. The number of hydrogen-bond donors (Lipinski definition) is 0. The molecule has 0 radical (unpaired) electrons. The summed E-state index contributed by atoms with van der Waals surface area (Å²) in [6.07, 6.45) is 7.04. The van der Waals surface area contributed by atoms with Gasteiger partial charge in [-0.1, -0.05) is 29.8 Å². The van der Waals surface area contributed by atoms with Crippen LogP contribution in [-0.2, 0) is 0 Å². The van der Waals surface area contributed by atoms with Gasteiger partial charge in [0.15, 0.2) is 0 Å². The van der Waals surface area contributed by atoms with Crippen molar-refractivity contribution in [2.75, 3.05) is 54.5 Å². The van der Waals surface area contributed by atoms with Crippen molar-refractivity contribution in [2.45, 2.75) is 38.5 Å². The first-order chi connectivity index (χ1) is 15.5. The Kier molecular flexibility index (Phi) is 9.63. The highest BCUT2D eigenvalue weighted by molar-refractivity contribution is 5.82. The van der Waals surface area contributed by atoms with Crippen molar-refractivity contribution in [1.29, 1.82) is 0 Å². The fourth-order valence-electron chi connectivity index (χ4n) is 4.20. The first-order valence-corrected chi connectivity index (χ1v) is 12.0. The topological polar surface area (TPSA) is 24.9 Å². The molecule has 0 N–H and O–H groups in total. The van der Waals surface area contributed by atoms with E-state index in [2.05, 4.69) is 86.5 Å². The fraction of sp³-hybridized carbons (Fsp3) is 0.500. The van der Waals surface area contributed by atoms with Crippen LogP contribution in [0.3, 0.4) is 0 Å². The van der Waals surface area contributed by atoms with Crippen LogP contribution in [0.5, 0.6) is 11.5 Å². The van der Waals surface area contributed by atoms with E-state index in [9.17, 15) is 0 Å². The van der Waals surface area contributed by atoms with E-state index < -0.39 is 0 Å². The van der Waals surface area contributed by atoms with Gasteiger partial charge >= 0.3 is 0 Å². The molecular weight excluding hydrogens is 396 g/mol. The Morgan fingerprint density at radius 1 is 0.656 bits per heavy atom. The molecule has 1 fully saturated rings. The minimum atomic E-state index is 0.751. The lowest BCUT2D eigenvalue weighted by Gasteiger charge is -2.15. The Labute approximate surface area is 194 Å². The molecule has 4 nitrogen and oxygen atoms in total. The van der Waals surface area contributed by atoms with Gasteiger partial charge in [0.2, 0.25) is 0 Å². The number of hydrogen-bond acceptors (Lipinski definition) is 4. The minimum Gasteiger partial charge on any atom is -0.494 e. The monoisotopic (exact) mass is 436 g/mol. The van der Waals surface area contributed by atoms with Crippen LogP contribution in [-0.4, -0.2) is 64.3 Å². The van der Waals surface area contributed by atoms with Gasteiger partial charge in [-0.25, -0.2) is 0 Å². The van der Waals surface area contributed by atoms with Gasteiger partial charge in [0.25, 0.3) is 0 Å². The standard InChI is InChI=1S/C28H40N2O2/c1-29(2)19-7-21-31-26-15-11-24(12-16-26)28(23-9-5-6-10-23)25-13-17-27(18-14-25)32-22-8-20-30(3)4/h11-18H,5-10,19-22H2,1-4H3. The summed E-state index contributed by atoms with van der Waals surface area (Å²) >= 11 is 0. The van der Waals surface area contributed by atoms with Gasteiger partial charge in [0.05, 0.1) is 13.2 Å². The molecule has 0 spiro atoms. The van der Waals surface area contributed by atoms with Crippen molar-refractivity contribution >= 4 is 5.57 Å². The number of allylic oxidation sites excluding steroid dienone is 1. The van der Waals surface area contributed by atoms with Crippen molar-refractivity contribution in [3.8, 4) is 11.5 Å². The lowest BCUT2D eigenvalue weighted by molar-refractivity contribution is 0.281. The van der Waals surface area contributed by atoms with Crippen LogP contribution in [0.4, 0.5) is 0 Å². The third-order valence-corrected chi connectivity index (χ3v) is 5.88. The maximum atomic E-state index is 5.94. The van der Waals surface area contributed by atoms with Gasteiger partial charge < -0.3 is 19.3 Å². The van der Waals surface area contributed by atoms with Crippen molar-refractivity contribution in [3.05, 3.63) is 65.2 Å². The Morgan fingerprint density at radius 2 is 1.06 bits per heavy atom. The zero-order chi connectivity index (χ0) is 22.8. The summed E-state index contributed by atoms with van der Waals surface area (Å²) < 4.78 is 11.9. The van der Waals surface area contributed by atoms with Crippen molar-refractivity contribution < 1.29 is 9.47 Å². The molecule has 1 saturated carbocycles. The molecule has 2 aromatic carbocycles. The van der Waals surface area contributed by atoms with E-state index in [0.29, 0.717) is 0 Å². The highest BCUT2D eigenvalue weighted by atomic mass is 16.5. The predicted octanol–water partition coefficient (Wildman–Crippen LogP) is 5.72. The summed E-state index contributed by atoms with van der Waals surface area (Å²) in [6, 6.07) is 17.3. The summed E-state index contributed by atoms with van der Waals surface area (Å²) in [6.45, 7) is 3.59. The molecule has 0 aliphatic heterocycles. The maximum Gasteiger partial charge on any atom is 0.119 e. The molecule has 32 heavy (non-hydrogen) atoms. The number of nitrogens with zero attached hydrogens (tertiary/aromatic N) is 2. The second-order valence-corrected chi connectivity index (χ2v) is 9.24. The van der Waals surface area contributed by atoms with Crippen LogP contribution in [0.2, 0.25) is 0 Å². The average Bonchev–Trinajstić information content (AvgIpc) is 3.30. The molecule has 0 atom stereocenters. The molecular formula is C28H40N2O2. The van der Waals surface area contributed by atoms with Crippen molar-refractivity contribution in [1.82, 2.24) is 9.80 Å². The van der Waals surface area contributed by atoms with E-state index in [1.807, 2.05) is 0 Å². The van der Waals surface area contributed by atoms with E-state index in [-0.39, 0.29) is 0 Å². The van der Waals surface area contributed by atoms with Gasteiger partial charge in [0, 0.05) is 13.1 Å². The van der Waals surface area contributed by atoms with Crippen LogP contribution in [0.15, 0.2) is 54.1 Å².